The molecule has 0 saturated heterocycles. The van der Waals surface area contributed by atoms with Crippen LogP contribution in [0.15, 0.2) is 0 Å². The third-order valence-electron chi connectivity index (χ3n) is 3.12. The van der Waals surface area contributed by atoms with Crippen LogP contribution in [0.5, 0.6) is 0 Å². The van der Waals surface area contributed by atoms with Crippen molar-refractivity contribution in [1.82, 2.24) is 5.32 Å². The molecular weight excluding hydrogens is 220 g/mol. The van der Waals surface area contributed by atoms with Crippen LogP contribution in [0.3, 0.4) is 0 Å². The van der Waals surface area contributed by atoms with Gasteiger partial charge < -0.3 is 11.1 Å². The molecule has 1 aliphatic rings. The first-order chi connectivity index (χ1) is 7.68. The minimum Gasteiger partial charge on any atom is -0.393 e. The monoisotopic (exact) mass is 242 g/mol. The van der Waals surface area contributed by atoms with Crippen LogP contribution in [0.25, 0.3) is 0 Å². The highest BCUT2D eigenvalue weighted by molar-refractivity contribution is 7.80. The van der Waals surface area contributed by atoms with Gasteiger partial charge in [-0.15, -0.1) is 0 Å². The van der Waals surface area contributed by atoms with E-state index in [2.05, 4.69) is 5.32 Å². The minimum atomic E-state index is 0.210. The highest BCUT2D eigenvalue weighted by Crippen LogP contribution is 2.27. The first kappa shape index (κ1) is 13.4. The Morgan fingerprint density at radius 1 is 1.31 bits per heavy atom. The Morgan fingerprint density at radius 3 is 2.62 bits per heavy atom. The number of rotatable bonds is 7. The van der Waals surface area contributed by atoms with Crippen molar-refractivity contribution in [2.75, 3.05) is 6.54 Å². The van der Waals surface area contributed by atoms with Crippen molar-refractivity contribution in [3.63, 3.8) is 0 Å². The van der Waals surface area contributed by atoms with Crippen LogP contribution < -0.4 is 11.1 Å². The van der Waals surface area contributed by atoms with Gasteiger partial charge in [0.15, 0.2) is 0 Å². The van der Waals surface area contributed by atoms with Gasteiger partial charge in [0.25, 0.3) is 0 Å². The molecule has 0 aromatic rings. The van der Waals surface area contributed by atoms with Crippen LogP contribution in [0.1, 0.15) is 51.4 Å². The third-order valence-corrected chi connectivity index (χ3v) is 3.33. The standard InChI is InChI=1S/C12H22N2OS/c13-11(16)7-3-4-8-14-12(15)9-10-5-1-2-6-10/h10H,1-9H2,(H2,13,16)(H,14,15). The Morgan fingerprint density at radius 2 is 2.00 bits per heavy atom. The third kappa shape index (κ3) is 6.05. The molecule has 0 atom stereocenters. The number of hydrogen-bond acceptors (Lipinski definition) is 2. The summed E-state index contributed by atoms with van der Waals surface area (Å²) in [6.45, 7) is 0.758. The molecule has 16 heavy (non-hydrogen) atoms. The summed E-state index contributed by atoms with van der Waals surface area (Å²) >= 11 is 4.78. The lowest BCUT2D eigenvalue weighted by Crippen LogP contribution is -2.26. The van der Waals surface area contributed by atoms with E-state index in [0.717, 1.165) is 32.2 Å². The van der Waals surface area contributed by atoms with E-state index in [4.69, 9.17) is 18.0 Å². The number of carbonyl (C=O) groups excluding carboxylic acids is 1. The van der Waals surface area contributed by atoms with E-state index in [1.807, 2.05) is 0 Å². The maximum absolute atomic E-state index is 11.5. The number of nitrogens with two attached hydrogens (primary N) is 1. The number of carbonyl (C=O) groups is 1. The van der Waals surface area contributed by atoms with E-state index >= 15 is 0 Å². The maximum atomic E-state index is 11.5. The molecular formula is C12H22N2OS. The fourth-order valence-electron chi connectivity index (χ4n) is 2.20. The SMILES string of the molecule is NC(=S)CCCCNC(=O)CC1CCCC1. The molecule has 1 amide bonds. The smallest absolute Gasteiger partial charge is 0.220 e. The molecule has 0 aromatic heterocycles. The summed E-state index contributed by atoms with van der Waals surface area (Å²) in [5.74, 6) is 0.846. The lowest BCUT2D eigenvalue weighted by atomic mass is 10.0. The number of amides is 1. The van der Waals surface area contributed by atoms with E-state index in [9.17, 15) is 4.79 Å². The van der Waals surface area contributed by atoms with E-state index < -0.39 is 0 Å². The fourth-order valence-corrected chi connectivity index (χ4v) is 2.35. The van der Waals surface area contributed by atoms with Gasteiger partial charge in [-0.05, 0) is 38.0 Å². The Balaban J connectivity index is 1.95. The second kappa shape index (κ2) is 7.60. The van der Waals surface area contributed by atoms with Crippen molar-refractivity contribution in [1.29, 1.82) is 0 Å². The molecule has 3 nitrogen and oxygen atoms in total. The molecule has 1 fully saturated rings. The summed E-state index contributed by atoms with van der Waals surface area (Å²) in [7, 11) is 0. The maximum Gasteiger partial charge on any atom is 0.220 e. The summed E-state index contributed by atoms with van der Waals surface area (Å²) in [4.78, 5) is 12.1. The predicted molar refractivity (Wildman–Crippen MR) is 70.2 cm³/mol. The number of nitrogens with one attached hydrogen (secondary N) is 1. The van der Waals surface area contributed by atoms with E-state index in [0.29, 0.717) is 10.9 Å². The summed E-state index contributed by atoms with van der Waals surface area (Å²) < 4.78 is 0. The lowest BCUT2D eigenvalue weighted by Gasteiger charge is -2.09. The van der Waals surface area contributed by atoms with Crippen LogP contribution in [0.2, 0.25) is 0 Å². The van der Waals surface area contributed by atoms with Crippen LogP contribution >= 0.6 is 12.2 Å². The normalized spacial score (nSPS) is 16.2. The number of hydrogen-bond donors (Lipinski definition) is 2. The average Bonchev–Trinajstić information content (AvgIpc) is 2.69. The van der Waals surface area contributed by atoms with Gasteiger partial charge in [0.2, 0.25) is 5.91 Å². The first-order valence-electron chi connectivity index (χ1n) is 6.23. The van der Waals surface area contributed by atoms with Crippen molar-refractivity contribution < 1.29 is 4.79 Å². The highest BCUT2D eigenvalue weighted by atomic mass is 32.1. The Labute approximate surface area is 103 Å². The van der Waals surface area contributed by atoms with Gasteiger partial charge >= 0.3 is 0 Å². The molecule has 3 N–H and O–H groups in total. The molecule has 0 heterocycles. The van der Waals surface area contributed by atoms with Crippen molar-refractivity contribution in [3.05, 3.63) is 0 Å². The molecule has 0 aromatic carbocycles. The zero-order valence-electron chi connectivity index (χ0n) is 9.84. The zero-order chi connectivity index (χ0) is 11.8. The van der Waals surface area contributed by atoms with Crippen LogP contribution in [0, 0.1) is 5.92 Å². The molecule has 0 spiro atoms. The minimum absolute atomic E-state index is 0.210. The molecule has 4 heteroatoms. The van der Waals surface area contributed by atoms with Crippen LogP contribution in [-0.4, -0.2) is 17.4 Å². The van der Waals surface area contributed by atoms with Crippen LogP contribution in [-0.2, 0) is 4.79 Å². The van der Waals surface area contributed by atoms with Crippen molar-refractivity contribution in [2.45, 2.75) is 51.4 Å². The molecule has 0 radical (unpaired) electrons. The largest absolute Gasteiger partial charge is 0.393 e. The number of thiocarbonyl (C=S) groups is 1. The molecule has 1 saturated carbocycles. The topological polar surface area (TPSA) is 55.1 Å². The van der Waals surface area contributed by atoms with E-state index in [-0.39, 0.29) is 5.91 Å². The van der Waals surface area contributed by atoms with Gasteiger partial charge in [0.1, 0.15) is 0 Å². The van der Waals surface area contributed by atoms with Gasteiger partial charge in [0.05, 0.1) is 4.99 Å². The Kier molecular flexibility index (Phi) is 6.38. The van der Waals surface area contributed by atoms with E-state index in [1.54, 1.807) is 0 Å². The molecule has 1 aliphatic carbocycles. The molecule has 0 unspecified atom stereocenters. The summed E-state index contributed by atoms with van der Waals surface area (Å²) in [5, 5.41) is 2.96. The van der Waals surface area contributed by atoms with Crippen LogP contribution in [0.4, 0.5) is 0 Å². The first-order valence-corrected chi connectivity index (χ1v) is 6.64. The number of unbranched alkanes of at least 4 members (excludes halogenated alkanes) is 1. The molecule has 92 valence electrons. The summed E-state index contributed by atoms with van der Waals surface area (Å²) in [6.07, 6.45) is 8.50. The average molecular weight is 242 g/mol. The molecule has 0 aliphatic heterocycles. The van der Waals surface area contributed by atoms with Gasteiger partial charge in [-0.25, -0.2) is 0 Å². The zero-order valence-corrected chi connectivity index (χ0v) is 10.7. The van der Waals surface area contributed by atoms with E-state index in [1.165, 1.54) is 25.7 Å². The second-order valence-electron chi connectivity index (χ2n) is 4.63. The highest BCUT2D eigenvalue weighted by Gasteiger charge is 2.17. The Hall–Kier alpha value is -0.640. The van der Waals surface area contributed by atoms with Gasteiger partial charge in [-0.3, -0.25) is 4.79 Å². The molecule has 0 bridgehead atoms. The predicted octanol–water partition coefficient (Wildman–Crippen LogP) is 2.14. The summed E-state index contributed by atoms with van der Waals surface area (Å²) in [5.41, 5.74) is 5.39. The van der Waals surface area contributed by atoms with Crippen molar-refractivity contribution in [2.24, 2.45) is 11.7 Å². The lowest BCUT2D eigenvalue weighted by molar-refractivity contribution is -0.121. The van der Waals surface area contributed by atoms with Crippen molar-refractivity contribution >= 4 is 23.1 Å². The Bertz CT molecular complexity index is 237. The second-order valence-corrected chi connectivity index (χ2v) is 5.15. The summed E-state index contributed by atoms with van der Waals surface area (Å²) in [6, 6.07) is 0. The molecule has 1 rings (SSSR count). The van der Waals surface area contributed by atoms with Gasteiger partial charge in [0, 0.05) is 13.0 Å². The quantitative estimate of drug-likeness (QED) is 0.531. The van der Waals surface area contributed by atoms with Crippen molar-refractivity contribution in [3.8, 4) is 0 Å². The van der Waals surface area contributed by atoms with Gasteiger partial charge in [-0.2, -0.15) is 0 Å². The van der Waals surface area contributed by atoms with Gasteiger partial charge in [-0.1, -0.05) is 25.1 Å². The fraction of sp³-hybridized carbons (Fsp3) is 0.833.